The molecule has 0 bridgehead atoms. The predicted molar refractivity (Wildman–Crippen MR) is 73.7 cm³/mol. The van der Waals surface area contributed by atoms with Gasteiger partial charge in [-0.15, -0.1) is 5.10 Å². The summed E-state index contributed by atoms with van der Waals surface area (Å²) < 4.78 is 17.8. The molecule has 1 aromatic carbocycles. The molecule has 0 saturated carbocycles. The van der Waals surface area contributed by atoms with Crippen molar-refractivity contribution in [2.24, 2.45) is 0 Å². The first-order valence-electron chi connectivity index (χ1n) is 6.20. The maximum Gasteiger partial charge on any atom is 0.138 e. The number of halogens is 2. The zero-order valence-corrected chi connectivity index (χ0v) is 11.8. The second-order valence-electron chi connectivity index (χ2n) is 4.68. The molecule has 6 heteroatoms. The Morgan fingerprint density at radius 3 is 3.11 bits per heavy atom. The van der Waals surface area contributed by atoms with Crippen LogP contribution in [0.2, 0.25) is 4.34 Å². The van der Waals surface area contributed by atoms with Gasteiger partial charge in [-0.05, 0) is 37.1 Å². The average molecular weight is 298 g/mol. The van der Waals surface area contributed by atoms with Gasteiger partial charge in [0.1, 0.15) is 15.8 Å². The van der Waals surface area contributed by atoms with Gasteiger partial charge in [0.15, 0.2) is 0 Å². The topological polar surface area (TPSA) is 29.0 Å². The Kier molecular flexibility index (Phi) is 3.77. The zero-order chi connectivity index (χ0) is 13.2. The second-order valence-corrected chi connectivity index (χ2v) is 6.03. The number of rotatable bonds is 3. The predicted octanol–water partition coefficient (Wildman–Crippen LogP) is 3.67. The van der Waals surface area contributed by atoms with Crippen LogP contribution in [-0.2, 0) is 6.54 Å². The first-order valence-corrected chi connectivity index (χ1v) is 7.35. The molecule has 0 aliphatic carbocycles. The minimum Gasteiger partial charge on any atom is -0.290 e. The molecule has 3 nitrogen and oxygen atoms in total. The highest BCUT2D eigenvalue weighted by Gasteiger charge is 2.27. The van der Waals surface area contributed by atoms with Crippen molar-refractivity contribution in [3.8, 4) is 0 Å². The van der Waals surface area contributed by atoms with Crippen LogP contribution in [0.3, 0.4) is 0 Å². The van der Waals surface area contributed by atoms with E-state index in [4.69, 9.17) is 11.6 Å². The summed E-state index contributed by atoms with van der Waals surface area (Å²) in [6.45, 7) is 1.66. The second kappa shape index (κ2) is 5.53. The summed E-state index contributed by atoms with van der Waals surface area (Å²) in [5.41, 5.74) is 1.84. The Balaban J connectivity index is 1.80. The third-order valence-corrected chi connectivity index (χ3v) is 4.44. The van der Waals surface area contributed by atoms with Crippen molar-refractivity contribution in [1.29, 1.82) is 0 Å². The fourth-order valence-electron chi connectivity index (χ4n) is 2.59. The van der Waals surface area contributed by atoms with E-state index in [1.807, 2.05) is 6.07 Å². The van der Waals surface area contributed by atoms with Crippen LogP contribution >= 0.6 is 23.1 Å². The minimum atomic E-state index is -0.183. The Bertz CT molecular complexity index is 575. The summed E-state index contributed by atoms with van der Waals surface area (Å²) >= 11 is 7.25. The molecular weight excluding hydrogens is 285 g/mol. The highest BCUT2D eigenvalue weighted by atomic mass is 35.5. The smallest absolute Gasteiger partial charge is 0.138 e. The van der Waals surface area contributed by atoms with Crippen molar-refractivity contribution in [3.63, 3.8) is 0 Å². The lowest BCUT2D eigenvalue weighted by molar-refractivity contribution is 0.245. The number of likely N-dealkylation sites (tertiary alicyclic amines) is 1. The summed E-state index contributed by atoms with van der Waals surface area (Å²) in [6.07, 6.45) is 2.15. The molecular formula is C13H13ClFN3S. The molecule has 0 spiro atoms. The molecule has 19 heavy (non-hydrogen) atoms. The Morgan fingerprint density at radius 1 is 1.47 bits per heavy atom. The number of benzene rings is 1. The molecule has 100 valence electrons. The van der Waals surface area contributed by atoms with E-state index in [1.165, 1.54) is 17.6 Å². The number of nitrogens with zero attached hydrogens (tertiary/aromatic N) is 3. The van der Waals surface area contributed by atoms with Gasteiger partial charge in [0, 0.05) is 24.1 Å². The first-order chi connectivity index (χ1) is 9.24. The lowest BCUT2D eigenvalue weighted by Crippen LogP contribution is -2.23. The van der Waals surface area contributed by atoms with Crippen molar-refractivity contribution >= 4 is 23.1 Å². The third-order valence-electron chi connectivity index (χ3n) is 3.46. The van der Waals surface area contributed by atoms with Crippen LogP contribution in [0.1, 0.15) is 30.1 Å². The molecule has 0 radical (unpaired) electrons. The summed E-state index contributed by atoms with van der Waals surface area (Å²) in [6, 6.07) is 7.08. The molecule has 2 aromatic rings. The Labute approximate surface area is 120 Å². The quantitative estimate of drug-likeness (QED) is 0.865. The van der Waals surface area contributed by atoms with Gasteiger partial charge in [0.25, 0.3) is 0 Å². The van der Waals surface area contributed by atoms with E-state index in [9.17, 15) is 4.39 Å². The zero-order valence-electron chi connectivity index (χ0n) is 10.2. The number of hydrogen-bond acceptors (Lipinski definition) is 4. The molecule has 3 rings (SSSR count). The average Bonchev–Trinajstić information content (AvgIpc) is 3.00. The van der Waals surface area contributed by atoms with E-state index in [0.29, 0.717) is 10.9 Å². The summed E-state index contributed by atoms with van der Waals surface area (Å²) in [7, 11) is 0. The minimum absolute atomic E-state index is 0.183. The highest BCUT2D eigenvalue weighted by Crippen LogP contribution is 2.34. The van der Waals surface area contributed by atoms with Crippen LogP contribution in [0.25, 0.3) is 0 Å². The van der Waals surface area contributed by atoms with Crippen LogP contribution < -0.4 is 0 Å². The van der Waals surface area contributed by atoms with Gasteiger partial charge >= 0.3 is 0 Å². The van der Waals surface area contributed by atoms with Crippen LogP contribution in [0.5, 0.6) is 0 Å². The van der Waals surface area contributed by atoms with E-state index >= 15 is 0 Å². The lowest BCUT2D eigenvalue weighted by atomic mass is 10.0. The molecule has 1 aromatic heterocycles. The van der Waals surface area contributed by atoms with Crippen molar-refractivity contribution in [2.75, 3.05) is 6.54 Å². The van der Waals surface area contributed by atoms with Crippen LogP contribution in [0.4, 0.5) is 4.39 Å². The van der Waals surface area contributed by atoms with Crippen molar-refractivity contribution in [1.82, 2.24) is 14.5 Å². The fourth-order valence-corrected chi connectivity index (χ4v) is 3.20. The van der Waals surface area contributed by atoms with Gasteiger partial charge in [-0.2, -0.15) is 0 Å². The molecule has 0 N–H and O–H groups in total. The molecule has 1 aliphatic heterocycles. The molecule has 1 fully saturated rings. The monoisotopic (exact) mass is 297 g/mol. The molecule has 0 amide bonds. The molecule has 1 saturated heterocycles. The van der Waals surface area contributed by atoms with Crippen LogP contribution in [0, 0.1) is 5.82 Å². The van der Waals surface area contributed by atoms with Gasteiger partial charge in [-0.1, -0.05) is 28.2 Å². The van der Waals surface area contributed by atoms with Gasteiger partial charge in [-0.3, -0.25) is 4.90 Å². The molecule has 1 atom stereocenters. The van der Waals surface area contributed by atoms with Gasteiger partial charge < -0.3 is 0 Å². The van der Waals surface area contributed by atoms with Gasteiger partial charge in [0.05, 0.1) is 0 Å². The Hall–Kier alpha value is -1.04. The molecule has 0 unspecified atom stereocenters. The molecule has 1 aliphatic rings. The lowest BCUT2D eigenvalue weighted by Gasteiger charge is -2.23. The van der Waals surface area contributed by atoms with E-state index in [1.54, 1.807) is 12.1 Å². The standard InChI is InChI=1S/C13H13ClFN3S/c14-13-11(16-17-19-13)8-18-6-2-5-12(18)9-3-1-4-10(15)7-9/h1,3-4,7,12H,2,5-6,8H2/t12-/m0/s1. The third kappa shape index (κ3) is 2.78. The highest BCUT2D eigenvalue weighted by molar-refractivity contribution is 7.10. The molecule has 2 heterocycles. The Morgan fingerprint density at radius 2 is 2.37 bits per heavy atom. The van der Waals surface area contributed by atoms with Crippen molar-refractivity contribution in [2.45, 2.75) is 25.4 Å². The largest absolute Gasteiger partial charge is 0.290 e. The van der Waals surface area contributed by atoms with Gasteiger partial charge in [-0.25, -0.2) is 4.39 Å². The van der Waals surface area contributed by atoms with E-state index < -0.39 is 0 Å². The normalized spacial score (nSPS) is 20.0. The summed E-state index contributed by atoms with van der Waals surface area (Å²) in [5, 5.41) is 4.05. The van der Waals surface area contributed by atoms with E-state index in [-0.39, 0.29) is 11.9 Å². The summed E-state index contributed by atoms with van der Waals surface area (Å²) in [5.74, 6) is -0.183. The summed E-state index contributed by atoms with van der Waals surface area (Å²) in [4.78, 5) is 2.29. The maximum atomic E-state index is 13.3. The maximum absolute atomic E-state index is 13.3. The van der Waals surface area contributed by atoms with Crippen LogP contribution in [0.15, 0.2) is 24.3 Å². The van der Waals surface area contributed by atoms with Crippen molar-refractivity contribution < 1.29 is 4.39 Å². The van der Waals surface area contributed by atoms with E-state index in [2.05, 4.69) is 14.5 Å². The number of hydrogen-bond donors (Lipinski definition) is 0. The van der Waals surface area contributed by atoms with Gasteiger partial charge in [0.2, 0.25) is 0 Å². The first kappa shape index (κ1) is 13.0. The SMILES string of the molecule is Fc1cccc([C@@H]2CCCN2Cc2nnsc2Cl)c1. The fraction of sp³-hybridized carbons (Fsp3) is 0.385. The van der Waals surface area contributed by atoms with Crippen LogP contribution in [-0.4, -0.2) is 21.0 Å². The van der Waals surface area contributed by atoms with Crippen molar-refractivity contribution in [3.05, 3.63) is 45.7 Å². The van der Waals surface area contributed by atoms with E-state index in [0.717, 1.165) is 30.6 Å². The number of aromatic nitrogens is 2.